The van der Waals surface area contributed by atoms with Crippen LogP contribution in [0.1, 0.15) is 24.8 Å². The number of nitrogens with zero attached hydrogens (tertiary/aromatic N) is 1. The van der Waals surface area contributed by atoms with Crippen molar-refractivity contribution < 1.29 is 14.3 Å². The topological polar surface area (TPSA) is 85.3 Å². The summed E-state index contributed by atoms with van der Waals surface area (Å²) in [7, 11) is 1.25. The number of nitrogens with two attached hydrogens (primary N) is 1. The van der Waals surface area contributed by atoms with Crippen molar-refractivity contribution in [3.8, 4) is 6.07 Å². The van der Waals surface area contributed by atoms with Crippen LogP contribution >= 0.6 is 23.2 Å². The molecule has 0 saturated carbocycles. The third-order valence-corrected chi connectivity index (χ3v) is 4.17. The summed E-state index contributed by atoms with van der Waals surface area (Å²) in [5.41, 5.74) is 6.51. The molecule has 1 atom stereocenters. The molecule has 1 unspecified atom stereocenters. The van der Waals surface area contributed by atoms with Gasteiger partial charge in [0.2, 0.25) is 5.88 Å². The molecule has 0 bridgehead atoms. The fraction of sp³-hybridized carbons (Fsp3) is 0.250. The number of hydrogen-bond donors (Lipinski definition) is 1. The van der Waals surface area contributed by atoms with E-state index in [1.165, 1.54) is 7.11 Å². The number of esters is 1. The van der Waals surface area contributed by atoms with E-state index in [1.807, 2.05) is 6.07 Å². The largest absolute Gasteiger partial charge is 0.466 e. The van der Waals surface area contributed by atoms with Crippen LogP contribution in [0.5, 0.6) is 0 Å². The zero-order valence-electron chi connectivity index (χ0n) is 12.5. The number of benzene rings is 1. The molecular weight excluding hydrogens is 339 g/mol. The number of carbonyl (C=O) groups is 1. The van der Waals surface area contributed by atoms with Crippen molar-refractivity contribution in [2.75, 3.05) is 7.11 Å². The van der Waals surface area contributed by atoms with Crippen LogP contribution in [0.2, 0.25) is 10.0 Å². The molecule has 1 heterocycles. The third kappa shape index (κ3) is 3.00. The van der Waals surface area contributed by atoms with Crippen molar-refractivity contribution in [2.24, 2.45) is 5.73 Å². The lowest BCUT2D eigenvalue weighted by molar-refractivity contribution is -0.136. The van der Waals surface area contributed by atoms with E-state index in [0.717, 1.165) is 0 Å². The Balaban J connectivity index is 2.80. The molecule has 5 nitrogen and oxygen atoms in total. The monoisotopic (exact) mass is 352 g/mol. The van der Waals surface area contributed by atoms with Crippen LogP contribution in [0.25, 0.3) is 0 Å². The van der Waals surface area contributed by atoms with Crippen molar-refractivity contribution in [1.29, 1.82) is 5.26 Å². The highest BCUT2D eigenvalue weighted by atomic mass is 35.5. The molecule has 2 N–H and O–H groups in total. The summed E-state index contributed by atoms with van der Waals surface area (Å²) in [6, 6.07) is 6.91. The summed E-state index contributed by atoms with van der Waals surface area (Å²) in [4.78, 5) is 12.3. The summed E-state index contributed by atoms with van der Waals surface area (Å²) in [6.45, 7) is 1.80. The number of rotatable bonds is 3. The lowest BCUT2D eigenvalue weighted by Crippen LogP contribution is -2.26. The molecule has 0 fully saturated rings. The summed E-state index contributed by atoms with van der Waals surface area (Å²) >= 11 is 12.5. The van der Waals surface area contributed by atoms with Gasteiger partial charge in [0.15, 0.2) is 0 Å². The minimum Gasteiger partial charge on any atom is -0.466 e. The average molecular weight is 353 g/mol. The van der Waals surface area contributed by atoms with E-state index in [4.69, 9.17) is 38.4 Å². The Morgan fingerprint density at radius 3 is 2.52 bits per heavy atom. The second-order valence-electron chi connectivity index (χ2n) is 4.74. The number of allylic oxidation sites excluding steroid dienone is 2. The van der Waals surface area contributed by atoms with Crippen molar-refractivity contribution in [2.45, 2.75) is 19.3 Å². The van der Waals surface area contributed by atoms with E-state index in [-0.39, 0.29) is 17.0 Å². The summed E-state index contributed by atoms with van der Waals surface area (Å²) in [6.07, 6.45) is 0.391. The van der Waals surface area contributed by atoms with Crippen LogP contribution < -0.4 is 5.73 Å². The van der Waals surface area contributed by atoms with E-state index < -0.39 is 11.9 Å². The smallest absolute Gasteiger partial charge is 0.338 e. The van der Waals surface area contributed by atoms with Crippen LogP contribution in [0.3, 0.4) is 0 Å². The normalized spacial score (nSPS) is 17.6. The van der Waals surface area contributed by atoms with Crippen LogP contribution in [0.4, 0.5) is 0 Å². The molecule has 0 saturated heterocycles. The third-order valence-electron chi connectivity index (χ3n) is 3.51. The first kappa shape index (κ1) is 17.2. The highest BCUT2D eigenvalue weighted by molar-refractivity contribution is 6.36. The Morgan fingerprint density at radius 1 is 1.43 bits per heavy atom. The van der Waals surface area contributed by atoms with Crippen molar-refractivity contribution >= 4 is 29.2 Å². The van der Waals surface area contributed by atoms with Gasteiger partial charge in [-0.05, 0) is 12.1 Å². The predicted molar refractivity (Wildman–Crippen MR) is 86.4 cm³/mol. The zero-order chi connectivity index (χ0) is 17.1. The molecule has 2 rings (SSSR count). The zero-order valence-corrected chi connectivity index (χ0v) is 14.0. The summed E-state index contributed by atoms with van der Waals surface area (Å²) in [5, 5.41) is 10.1. The second kappa shape index (κ2) is 6.95. The maximum atomic E-state index is 12.3. The minimum absolute atomic E-state index is 0.0672. The van der Waals surface area contributed by atoms with Crippen LogP contribution in [-0.2, 0) is 14.3 Å². The Labute approximate surface area is 143 Å². The number of methoxy groups -OCH3 is 1. The molecule has 0 aliphatic carbocycles. The van der Waals surface area contributed by atoms with Gasteiger partial charge in [-0.2, -0.15) is 5.26 Å². The molecular formula is C16H14Cl2N2O3. The first-order valence-corrected chi connectivity index (χ1v) is 7.54. The fourth-order valence-electron chi connectivity index (χ4n) is 2.49. The molecule has 0 spiro atoms. The van der Waals surface area contributed by atoms with E-state index in [2.05, 4.69) is 0 Å². The minimum atomic E-state index is -0.836. The average Bonchev–Trinajstić information content (AvgIpc) is 2.53. The molecule has 120 valence electrons. The second-order valence-corrected chi connectivity index (χ2v) is 5.56. The SMILES string of the molecule is CCC1=C(C(=O)OC)C(c2c(Cl)cccc2Cl)C(C#N)=C(N)O1. The van der Waals surface area contributed by atoms with Gasteiger partial charge in [-0.1, -0.05) is 36.2 Å². The van der Waals surface area contributed by atoms with Gasteiger partial charge in [-0.15, -0.1) is 0 Å². The van der Waals surface area contributed by atoms with Gasteiger partial charge in [-0.3, -0.25) is 0 Å². The van der Waals surface area contributed by atoms with Gasteiger partial charge in [0.05, 0.1) is 18.6 Å². The Kier molecular flexibility index (Phi) is 5.19. The van der Waals surface area contributed by atoms with Crippen molar-refractivity contribution in [3.05, 3.63) is 56.6 Å². The number of ether oxygens (including phenoxy) is 2. The molecule has 1 aliphatic heterocycles. The van der Waals surface area contributed by atoms with Gasteiger partial charge < -0.3 is 15.2 Å². The van der Waals surface area contributed by atoms with E-state index >= 15 is 0 Å². The fourth-order valence-corrected chi connectivity index (χ4v) is 3.11. The molecule has 1 aromatic rings. The number of hydrogen-bond acceptors (Lipinski definition) is 5. The Hall–Kier alpha value is -2.16. The Morgan fingerprint density at radius 2 is 2.04 bits per heavy atom. The number of carbonyl (C=O) groups excluding carboxylic acids is 1. The predicted octanol–water partition coefficient (Wildman–Crippen LogP) is 3.64. The first-order valence-electron chi connectivity index (χ1n) is 6.79. The van der Waals surface area contributed by atoms with Crippen molar-refractivity contribution in [1.82, 2.24) is 0 Å². The quantitative estimate of drug-likeness (QED) is 0.839. The molecule has 0 aromatic heterocycles. The number of nitriles is 1. The highest BCUT2D eigenvalue weighted by Gasteiger charge is 2.38. The van der Waals surface area contributed by atoms with Gasteiger partial charge in [0, 0.05) is 22.0 Å². The molecule has 1 aromatic carbocycles. The van der Waals surface area contributed by atoms with Gasteiger partial charge in [0.25, 0.3) is 0 Å². The van der Waals surface area contributed by atoms with Crippen LogP contribution in [0, 0.1) is 11.3 Å². The van der Waals surface area contributed by atoms with Crippen LogP contribution in [-0.4, -0.2) is 13.1 Å². The maximum absolute atomic E-state index is 12.3. The van der Waals surface area contributed by atoms with E-state index in [0.29, 0.717) is 27.8 Å². The summed E-state index contributed by atoms with van der Waals surface area (Å²) in [5.74, 6) is -1.20. The first-order chi connectivity index (χ1) is 11.0. The highest BCUT2D eigenvalue weighted by Crippen LogP contribution is 2.45. The van der Waals surface area contributed by atoms with E-state index in [9.17, 15) is 10.1 Å². The number of halogens is 2. The molecule has 0 radical (unpaired) electrons. The molecule has 1 aliphatic rings. The van der Waals surface area contributed by atoms with Gasteiger partial charge in [0.1, 0.15) is 17.4 Å². The van der Waals surface area contributed by atoms with Gasteiger partial charge in [-0.25, -0.2) is 4.79 Å². The lowest BCUT2D eigenvalue weighted by atomic mass is 9.82. The standard InChI is InChI=1S/C16H14Cl2N2O3/c1-3-11-14(16(21)22-2)12(8(7-19)15(20)23-11)13-9(17)5-4-6-10(13)18/h4-6,12H,3,20H2,1-2H3. The Bertz CT molecular complexity index is 743. The maximum Gasteiger partial charge on any atom is 0.338 e. The lowest BCUT2D eigenvalue weighted by Gasteiger charge is -2.28. The van der Waals surface area contributed by atoms with Gasteiger partial charge >= 0.3 is 5.97 Å². The molecule has 23 heavy (non-hydrogen) atoms. The summed E-state index contributed by atoms with van der Waals surface area (Å²) < 4.78 is 10.3. The molecule has 0 amide bonds. The van der Waals surface area contributed by atoms with E-state index in [1.54, 1.807) is 25.1 Å². The van der Waals surface area contributed by atoms with Crippen LogP contribution in [0.15, 0.2) is 41.0 Å². The van der Waals surface area contributed by atoms with Crippen molar-refractivity contribution in [3.63, 3.8) is 0 Å². The molecule has 7 heteroatoms.